The highest BCUT2D eigenvalue weighted by atomic mass is 35.6. The maximum absolute atomic E-state index is 11.4. The molecule has 1 rings (SSSR count). The van der Waals surface area contributed by atoms with Gasteiger partial charge in [0.15, 0.2) is 0 Å². The number of anilines is 2. The summed E-state index contributed by atoms with van der Waals surface area (Å²) < 4.78 is -2.03. The van der Waals surface area contributed by atoms with Crippen molar-refractivity contribution in [3.63, 3.8) is 0 Å². The summed E-state index contributed by atoms with van der Waals surface area (Å²) in [7, 11) is 0. The molecule has 98 valence electrons. The maximum Gasteiger partial charge on any atom is 0.276 e. The van der Waals surface area contributed by atoms with Gasteiger partial charge in [-0.05, 0) is 18.2 Å². The predicted octanol–water partition coefficient (Wildman–Crippen LogP) is 3.34. The number of amides is 2. The molecule has 2 amide bonds. The van der Waals surface area contributed by atoms with E-state index in [0.717, 1.165) is 0 Å². The highest BCUT2D eigenvalue weighted by molar-refractivity contribution is 6.76. The second-order valence-electron chi connectivity index (χ2n) is 3.43. The number of hydrogen-bond acceptors (Lipinski definition) is 2. The van der Waals surface area contributed by atoms with E-state index in [9.17, 15) is 9.59 Å². The van der Waals surface area contributed by atoms with Crippen molar-refractivity contribution in [3.8, 4) is 0 Å². The number of alkyl halides is 3. The van der Waals surface area contributed by atoms with Gasteiger partial charge in [0.1, 0.15) is 0 Å². The van der Waals surface area contributed by atoms with Crippen LogP contribution in [-0.4, -0.2) is 15.6 Å². The highest BCUT2D eigenvalue weighted by Gasteiger charge is 2.30. The second-order valence-corrected chi connectivity index (χ2v) is 5.72. The lowest BCUT2D eigenvalue weighted by Gasteiger charge is -2.12. The zero-order chi connectivity index (χ0) is 13.8. The lowest BCUT2D eigenvalue weighted by Crippen LogP contribution is -2.26. The molecule has 2 N–H and O–H groups in total. The minimum Gasteiger partial charge on any atom is -0.326 e. The Labute approximate surface area is 120 Å². The number of benzene rings is 1. The summed E-state index contributed by atoms with van der Waals surface area (Å²) in [6.45, 7) is 1.74. The maximum atomic E-state index is 11.4. The highest BCUT2D eigenvalue weighted by Crippen LogP contribution is 2.28. The molecule has 0 radical (unpaired) electrons. The zero-order valence-corrected chi connectivity index (χ0v) is 11.7. The molecular weight excluding hydrogens is 298 g/mol. The van der Waals surface area contributed by atoms with Gasteiger partial charge in [-0.1, -0.05) is 47.8 Å². The SMILES string of the molecule is CCC(=O)Nc1cccc(NC(=O)C(Cl)(Cl)Cl)c1. The third kappa shape index (κ3) is 4.72. The van der Waals surface area contributed by atoms with Gasteiger partial charge in [0.2, 0.25) is 5.91 Å². The van der Waals surface area contributed by atoms with Crippen molar-refractivity contribution in [3.05, 3.63) is 24.3 Å². The van der Waals surface area contributed by atoms with Gasteiger partial charge in [-0.2, -0.15) is 0 Å². The summed E-state index contributed by atoms with van der Waals surface area (Å²) in [5.41, 5.74) is 0.990. The first-order valence-corrected chi connectivity index (χ1v) is 6.24. The molecule has 0 atom stereocenters. The van der Waals surface area contributed by atoms with E-state index < -0.39 is 9.70 Å². The Morgan fingerprint density at radius 1 is 1.17 bits per heavy atom. The quantitative estimate of drug-likeness (QED) is 0.841. The number of nitrogens with one attached hydrogen (secondary N) is 2. The van der Waals surface area contributed by atoms with Crippen LogP contribution in [0.15, 0.2) is 24.3 Å². The molecule has 4 nitrogen and oxygen atoms in total. The molecule has 0 aromatic heterocycles. The van der Waals surface area contributed by atoms with Crippen LogP contribution in [-0.2, 0) is 9.59 Å². The van der Waals surface area contributed by atoms with Gasteiger partial charge >= 0.3 is 0 Å². The number of halogens is 3. The lowest BCUT2D eigenvalue weighted by atomic mass is 10.2. The molecular formula is C11H11Cl3N2O2. The smallest absolute Gasteiger partial charge is 0.276 e. The van der Waals surface area contributed by atoms with Crippen LogP contribution in [0, 0.1) is 0 Å². The largest absolute Gasteiger partial charge is 0.326 e. The van der Waals surface area contributed by atoms with Crippen molar-refractivity contribution >= 4 is 58.0 Å². The van der Waals surface area contributed by atoms with Crippen LogP contribution in [0.2, 0.25) is 0 Å². The molecule has 0 fully saturated rings. The topological polar surface area (TPSA) is 58.2 Å². The molecule has 18 heavy (non-hydrogen) atoms. The van der Waals surface area contributed by atoms with Gasteiger partial charge in [0.05, 0.1) is 0 Å². The van der Waals surface area contributed by atoms with E-state index in [-0.39, 0.29) is 5.91 Å². The van der Waals surface area contributed by atoms with Gasteiger partial charge in [0, 0.05) is 17.8 Å². The minimum absolute atomic E-state index is 0.125. The molecule has 0 bridgehead atoms. The molecule has 1 aromatic rings. The molecule has 0 heterocycles. The van der Waals surface area contributed by atoms with Crippen LogP contribution in [0.25, 0.3) is 0 Å². The lowest BCUT2D eigenvalue weighted by molar-refractivity contribution is -0.116. The van der Waals surface area contributed by atoms with E-state index >= 15 is 0 Å². The number of carbonyl (C=O) groups is 2. The Morgan fingerprint density at radius 2 is 1.72 bits per heavy atom. The molecule has 0 spiro atoms. The third-order valence-electron chi connectivity index (χ3n) is 1.98. The first kappa shape index (κ1) is 15.1. The van der Waals surface area contributed by atoms with Gasteiger partial charge in [-0.25, -0.2) is 0 Å². The first-order chi connectivity index (χ1) is 8.32. The molecule has 0 unspecified atom stereocenters. The Hall–Kier alpha value is -0.970. The van der Waals surface area contributed by atoms with E-state index in [1.54, 1.807) is 31.2 Å². The average molecular weight is 310 g/mol. The summed E-state index contributed by atoms with van der Waals surface area (Å²) >= 11 is 16.3. The summed E-state index contributed by atoms with van der Waals surface area (Å²) in [4.78, 5) is 22.6. The van der Waals surface area contributed by atoms with Crippen LogP contribution in [0.3, 0.4) is 0 Å². The van der Waals surface area contributed by atoms with E-state index in [1.165, 1.54) is 0 Å². The molecule has 0 aliphatic rings. The van der Waals surface area contributed by atoms with Gasteiger partial charge in [-0.3, -0.25) is 9.59 Å². The Kier molecular flexibility index (Phi) is 5.26. The fourth-order valence-corrected chi connectivity index (χ4v) is 1.27. The van der Waals surface area contributed by atoms with Crippen molar-refractivity contribution in [2.24, 2.45) is 0 Å². The third-order valence-corrected chi connectivity index (χ3v) is 2.50. The Morgan fingerprint density at radius 3 is 2.22 bits per heavy atom. The normalized spacial score (nSPS) is 10.9. The van der Waals surface area contributed by atoms with Gasteiger partial charge in [0.25, 0.3) is 9.70 Å². The van der Waals surface area contributed by atoms with E-state index in [4.69, 9.17) is 34.8 Å². The monoisotopic (exact) mass is 308 g/mol. The summed E-state index contributed by atoms with van der Waals surface area (Å²) in [5.74, 6) is -0.883. The van der Waals surface area contributed by atoms with E-state index in [2.05, 4.69) is 10.6 Å². The van der Waals surface area contributed by atoms with Crippen molar-refractivity contribution in [2.45, 2.75) is 17.1 Å². The second kappa shape index (κ2) is 6.27. The van der Waals surface area contributed by atoms with Crippen LogP contribution in [0.1, 0.15) is 13.3 Å². The number of carbonyl (C=O) groups excluding carboxylic acids is 2. The van der Waals surface area contributed by atoms with E-state index in [0.29, 0.717) is 17.8 Å². The molecule has 1 aromatic carbocycles. The van der Waals surface area contributed by atoms with Crippen molar-refractivity contribution in [2.75, 3.05) is 10.6 Å². The van der Waals surface area contributed by atoms with Crippen molar-refractivity contribution in [1.29, 1.82) is 0 Å². The zero-order valence-electron chi connectivity index (χ0n) is 9.47. The number of rotatable bonds is 3. The van der Waals surface area contributed by atoms with Gasteiger partial charge < -0.3 is 10.6 Å². The number of hydrogen-bond donors (Lipinski definition) is 2. The summed E-state index contributed by atoms with van der Waals surface area (Å²) in [5, 5.41) is 5.08. The first-order valence-electron chi connectivity index (χ1n) is 5.11. The van der Waals surface area contributed by atoms with Crippen LogP contribution in [0.4, 0.5) is 11.4 Å². The standard InChI is InChI=1S/C11H11Cl3N2O2/c1-2-9(17)15-7-4-3-5-8(6-7)16-10(18)11(12,13)14/h3-6H,2H2,1H3,(H,15,17)(H,16,18). The van der Waals surface area contributed by atoms with Crippen LogP contribution >= 0.6 is 34.8 Å². The summed E-state index contributed by atoms with van der Waals surface area (Å²) in [6.07, 6.45) is 0.366. The predicted molar refractivity (Wildman–Crippen MR) is 74.3 cm³/mol. The average Bonchev–Trinajstić information content (AvgIpc) is 2.28. The Bertz CT molecular complexity index is 458. The van der Waals surface area contributed by atoms with Crippen LogP contribution < -0.4 is 10.6 Å². The molecule has 0 aliphatic heterocycles. The minimum atomic E-state index is -2.03. The van der Waals surface area contributed by atoms with Crippen molar-refractivity contribution < 1.29 is 9.59 Å². The van der Waals surface area contributed by atoms with Gasteiger partial charge in [-0.15, -0.1) is 0 Å². The molecule has 0 aliphatic carbocycles. The molecule has 7 heteroatoms. The Balaban J connectivity index is 2.77. The fourth-order valence-electron chi connectivity index (χ4n) is 1.13. The fraction of sp³-hybridized carbons (Fsp3) is 0.273. The molecule has 0 saturated carbocycles. The molecule has 0 saturated heterocycles. The summed E-state index contributed by atoms with van der Waals surface area (Å²) in [6, 6.07) is 6.55. The van der Waals surface area contributed by atoms with Crippen molar-refractivity contribution in [1.82, 2.24) is 0 Å². The van der Waals surface area contributed by atoms with E-state index in [1.807, 2.05) is 0 Å². The van der Waals surface area contributed by atoms with Crippen LogP contribution in [0.5, 0.6) is 0 Å².